The molecule has 1 saturated heterocycles. The highest BCUT2D eigenvalue weighted by Crippen LogP contribution is 2.26. The Morgan fingerprint density at radius 3 is 2.82 bits per heavy atom. The fourth-order valence-electron chi connectivity index (χ4n) is 2.60. The Labute approximate surface area is 137 Å². The van der Waals surface area contributed by atoms with E-state index in [0.29, 0.717) is 24.9 Å². The van der Waals surface area contributed by atoms with Crippen LogP contribution >= 0.6 is 12.4 Å². The summed E-state index contributed by atoms with van der Waals surface area (Å²) in [6.45, 7) is 0.622. The molecule has 0 radical (unpaired) electrons. The number of rotatable bonds is 4. The van der Waals surface area contributed by atoms with Gasteiger partial charge in [0.15, 0.2) is 0 Å². The molecule has 1 aromatic rings. The number of ether oxygens (including phenoxy) is 1. The number of piperidine rings is 1. The average Bonchev–Trinajstić information content (AvgIpc) is 2.54. The largest absolute Gasteiger partial charge is 0.381 e. The fourth-order valence-corrected chi connectivity index (χ4v) is 4.31. The summed E-state index contributed by atoms with van der Waals surface area (Å²) in [5.74, 6) is 0. The molecule has 6 nitrogen and oxygen atoms in total. The van der Waals surface area contributed by atoms with Crippen molar-refractivity contribution in [1.29, 1.82) is 5.26 Å². The summed E-state index contributed by atoms with van der Waals surface area (Å²) in [5.41, 5.74) is 6.05. The van der Waals surface area contributed by atoms with Crippen molar-refractivity contribution >= 4 is 22.4 Å². The quantitative estimate of drug-likeness (QED) is 0.881. The first-order valence-electron chi connectivity index (χ1n) is 6.77. The molecule has 122 valence electrons. The van der Waals surface area contributed by atoms with E-state index in [1.165, 1.54) is 16.4 Å². The van der Waals surface area contributed by atoms with Crippen LogP contribution in [0.3, 0.4) is 0 Å². The van der Waals surface area contributed by atoms with Crippen LogP contribution in [0.1, 0.15) is 18.4 Å². The molecule has 8 heteroatoms. The zero-order valence-corrected chi connectivity index (χ0v) is 13.9. The maximum absolute atomic E-state index is 12.7. The van der Waals surface area contributed by atoms with Gasteiger partial charge in [-0.3, -0.25) is 0 Å². The number of methoxy groups -OCH3 is 1. The topological polar surface area (TPSA) is 96.4 Å². The monoisotopic (exact) mass is 345 g/mol. The molecule has 0 amide bonds. The summed E-state index contributed by atoms with van der Waals surface area (Å²) >= 11 is 0. The van der Waals surface area contributed by atoms with E-state index in [2.05, 4.69) is 0 Å². The van der Waals surface area contributed by atoms with Crippen LogP contribution < -0.4 is 5.73 Å². The van der Waals surface area contributed by atoms with Crippen molar-refractivity contribution in [1.82, 2.24) is 4.31 Å². The summed E-state index contributed by atoms with van der Waals surface area (Å²) < 4.78 is 32.2. The van der Waals surface area contributed by atoms with E-state index < -0.39 is 10.0 Å². The second-order valence-electron chi connectivity index (χ2n) is 5.03. The van der Waals surface area contributed by atoms with Gasteiger partial charge in [-0.1, -0.05) is 6.07 Å². The van der Waals surface area contributed by atoms with Gasteiger partial charge in [0.1, 0.15) is 0 Å². The van der Waals surface area contributed by atoms with Gasteiger partial charge >= 0.3 is 0 Å². The third-order valence-electron chi connectivity index (χ3n) is 3.79. The molecule has 1 aliphatic heterocycles. The third-order valence-corrected chi connectivity index (χ3v) is 5.74. The molecule has 2 unspecified atom stereocenters. The van der Waals surface area contributed by atoms with Gasteiger partial charge in [-0.05, 0) is 31.0 Å². The lowest BCUT2D eigenvalue weighted by Crippen LogP contribution is -2.51. The second kappa shape index (κ2) is 7.90. The smallest absolute Gasteiger partial charge is 0.243 e. The molecule has 0 spiro atoms. The number of nitrogens with zero attached hydrogens (tertiary/aromatic N) is 2. The highest BCUT2D eigenvalue weighted by Gasteiger charge is 2.36. The van der Waals surface area contributed by atoms with Crippen LogP contribution in [-0.4, -0.2) is 45.1 Å². The number of benzene rings is 1. The molecule has 0 bridgehead atoms. The Kier molecular flexibility index (Phi) is 6.78. The van der Waals surface area contributed by atoms with E-state index in [0.717, 1.165) is 0 Å². The Morgan fingerprint density at radius 1 is 1.50 bits per heavy atom. The molecule has 0 saturated carbocycles. The minimum absolute atomic E-state index is 0. The minimum atomic E-state index is -3.64. The Hall–Kier alpha value is -1.17. The maximum Gasteiger partial charge on any atom is 0.243 e. The van der Waals surface area contributed by atoms with Crippen molar-refractivity contribution in [2.75, 3.05) is 20.2 Å². The van der Waals surface area contributed by atoms with E-state index in [4.69, 9.17) is 15.7 Å². The zero-order chi connectivity index (χ0) is 15.5. The number of hydrogen-bond acceptors (Lipinski definition) is 5. The Balaban J connectivity index is 0.00000242. The van der Waals surface area contributed by atoms with Gasteiger partial charge in [-0.15, -0.1) is 12.4 Å². The van der Waals surface area contributed by atoms with Crippen molar-refractivity contribution in [2.45, 2.75) is 29.9 Å². The van der Waals surface area contributed by atoms with Gasteiger partial charge in [0, 0.05) is 26.2 Å². The van der Waals surface area contributed by atoms with Gasteiger partial charge in [0.2, 0.25) is 10.0 Å². The van der Waals surface area contributed by atoms with Crippen LogP contribution in [-0.2, 0) is 14.8 Å². The van der Waals surface area contributed by atoms with Crippen LogP contribution in [0.15, 0.2) is 29.2 Å². The number of nitrogens with two attached hydrogens (primary N) is 1. The van der Waals surface area contributed by atoms with Crippen molar-refractivity contribution in [3.8, 4) is 6.07 Å². The molecule has 22 heavy (non-hydrogen) atoms. The average molecular weight is 346 g/mol. The van der Waals surface area contributed by atoms with Crippen molar-refractivity contribution in [3.63, 3.8) is 0 Å². The van der Waals surface area contributed by atoms with Gasteiger partial charge in [-0.25, -0.2) is 8.42 Å². The van der Waals surface area contributed by atoms with Gasteiger partial charge < -0.3 is 10.5 Å². The summed E-state index contributed by atoms with van der Waals surface area (Å²) in [6, 6.07) is 7.73. The lowest BCUT2D eigenvalue weighted by atomic mass is 10.0. The van der Waals surface area contributed by atoms with E-state index >= 15 is 0 Å². The lowest BCUT2D eigenvalue weighted by Gasteiger charge is -2.37. The van der Waals surface area contributed by atoms with Crippen molar-refractivity contribution in [2.24, 2.45) is 5.73 Å². The van der Waals surface area contributed by atoms with Crippen molar-refractivity contribution < 1.29 is 13.2 Å². The van der Waals surface area contributed by atoms with Gasteiger partial charge in [0.05, 0.1) is 22.6 Å². The molecule has 0 aliphatic carbocycles. The predicted molar refractivity (Wildman–Crippen MR) is 85.2 cm³/mol. The van der Waals surface area contributed by atoms with Crippen LogP contribution in [0.5, 0.6) is 0 Å². The summed E-state index contributed by atoms with van der Waals surface area (Å²) in [6.07, 6.45) is 1.27. The molecule has 2 rings (SSSR count). The summed E-state index contributed by atoms with van der Waals surface area (Å²) in [4.78, 5) is 0.135. The first-order chi connectivity index (χ1) is 10.0. The van der Waals surface area contributed by atoms with Gasteiger partial charge in [0.25, 0.3) is 0 Å². The number of nitriles is 1. The number of sulfonamides is 1. The molecule has 2 N–H and O–H groups in total. The highest BCUT2D eigenvalue weighted by atomic mass is 35.5. The summed E-state index contributed by atoms with van der Waals surface area (Å²) in [7, 11) is -2.02. The number of halogens is 1. The molecular weight excluding hydrogens is 326 g/mol. The molecular formula is C14H20ClN3O3S. The van der Waals surface area contributed by atoms with E-state index in [1.807, 2.05) is 6.07 Å². The normalized spacial score (nSPS) is 22.6. The van der Waals surface area contributed by atoms with Crippen LogP contribution in [0.25, 0.3) is 0 Å². The Morgan fingerprint density at radius 2 is 2.23 bits per heavy atom. The van der Waals surface area contributed by atoms with E-state index in [-0.39, 0.29) is 36.0 Å². The van der Waals surface area contributed by atoms with Crippen LogP contribution in [0, 0.1) is 11.3 Å². The molecule has 0 aromatic heterocycles. The minimum Gasteiger partial charge on any atom is -0.381 e. The standard InChI is InChI=1S/C14H19N3O3S.ClH/c1-20-13-5-6-17(12(8-13)10-16)21(18,19)14-4-2-3-11(7-14)9-15;/h2-4,7,12-13H,5-6,8,10,16H2,1H3;1H. The Bertz CT molecular complexity index is 645. The second-order valence-corrected chi connectivity index (χ2v) is 6.92. The molecule has 2 atom stereocenters. The zero-order valence-electron chi connectivity index (χ0n) is 12.3. The lowest BCUT2D eigenvalue weighted by molar-refractivity contribution is 0.0401. The number of hydrogen-bond donors (Lipinski definition) is 1. The first kappa shape index (κ1) is 18.9. The maximum atomic E-state index is 12.7. The summed E-state index contributed by atoms with van der Waals surface area (Å²) in [5, 5.41) is 8.91. The molecule has 1 aromatic carbocycles. The molecule has 1 fully saturated rings. The first-order valence-corrected chi connectivity index (χ1v) is 8.21. The molecule has 1 aliphatic rings. The fraction of sp³-hybridized carbons (Fsp3) is 0.500. The molecule has 1 heterocycles. The third kappa shape index (κ3) is 3.77. The van der Waals surface area contributed by atoms with E-state index in [9.17, 15) is 8.42 Å². The van der Waals surface area contributed by atoms with E-state index in [1.54, 1.807) is 19.2 Å². The highest BCUT2D eigenvalue weighted by molar-refractivity contribution is 7.89. The van der Waals surface area contributed by atoms with Crippen LogP contribution in [0.2, 0.25) is 0 Å². The van der Waals surface area contributed by atoms with Gasteiger partial charge in [-0.2, -0.15) is 9.57 Å². The van der Waals surface area contributed by atoms with Crippen LogP contribution in [0.4, 0.5) is 0 Å². The van der Waals surface area contributed by atoms with Crippen molar-refractivity contribution in [3.05, 3.63) is 29.8 Å². The predicted octanol–water partition coefficient (Wildman–Crippen LogP) is 1.11. The SMILES string of the molecule is COC1CCN(S(=O)(=O)c2cccc(C#N)c2)C(CN)C1.Cl.